The van der Waals surface area contributed by atoms with E-state index in [0.717, 1.165) is 29.9 Å². The molecular weight excluding hydrogens is 330 g/mol. The molecule has 1 aromatic heterocycles. The average Bonchev–Trinajstić information content (AvgIpc) is 2.78. The molecule has 0 unspecified atom stereocenters. The van der Waals surface area contributed by atoms with Crippen molar-refractivity contribution in [1.82, 2.24) is 15.0 Å². The Morgan fingerprint density at radius 3 is 2.69 bits per heavy atom. The van der Waals surface area contributed by atoms with Crippen molar-refractivity contribution in [3.05, 3.63) is 28.7 Å². The summed E-state index contributed by atoms with van der Waals surface area (Å²) in [6.07, 6.45) is 5.05. The Morgan fingerprint density at radius 2 is 2.04 bits per heavy atom. The van der Waals surface area contributed by atoms with Crippen LogP contribution in [0.4, 0.5) is 0 Å². The molecule has 4 heterocycles. The van der Waals surface area contributed by atoms with Crippen LogP contribution in [-0.2, 0) is 16.0 Å². The summed E-state index contributed by atoms with van der Waals surface area (Å²) in [7, 11) is 0. The minimum atomic E-state index is -0.0534. The molecule has 0 N–H and O–H groups in total. The molecule has 4 rings (SSSR count). The van der Waals surface area contributed by atoms with Gasteiger partial charge in [-0.25, -0.2) is 0 Å². The molecule has 6 heteroatoms. The molecule has 2 bridgehead atoms. The van der Waals surface area contributed by atoms with Crippen LogP contribution in [0.1, 0.15) is 50.1 Å². The Bertz CT molecular complexity index is 698. The van der Waals surface area contributed by atoms with Crippen molar-refractivity contribution in [2.24, 2.45) is 5.92 Å². The van der Waals surface area contributed by atoms with Crippen molar-refractivity contribution in [3.8, 4) is 0 Å². The van der Waals surface area contributed by atoms with E-state index in [-0.39, 0.29) is 23.8 Å². The van der Waals surface area contributed by atoms with E-state index in [4.69, 9.17) is 4.52 Å². The standard InChI is InChI=1S/C20H29N3O3/c1-13(2)9-10-23-17-6-5-16(20(23)25)11-22(12-17)19(24)8-7-18-14(3)21-26-15(18)4/h9,16-17H,5-8,10-12H2,1-4H3/t16-,17+/m0/s1. The zero-order chi connectivity index (χ0) is 18.8. The second-order valence-corrected chi connectivity index (χ2v) is 7.80. The summed E-state index contributed by atoms with van der Waals surface area (Å²) >= 11 is 0. The summed E-state index contributed by atoms with van der Waals surface area (Å²) in [5.41, 5.74) is 3.09. The highest BCUT2D eigenvalue weighted by molar-refractivity contribution is 5.83. The number of hydrogen-bond acceptors (Lipinski definition) is 4. The predicted octanol–water partition coefficient (Wildman–Crippen LogP) is 2.64. The van der Waals surface area contributed by atoms with Crippen LogP contribution in [0.15, 0.2) is 16.2 Å². The van der Waals surface area contributed by atoms with E-state index < -0.39 is 0 Å². The Morgan fingerprint density at radius 1 is 1.27 bits per heavy atom. The number of rotatable bonds is 5. The molecule has 2 amide bonds. The largest absolute Gasteiger partial charge is 0.361 e. The zero-order valence-corrected chi connectivity index (χ0v) is 16.2. The van der Waals surface area contributed by atoms with Crippen LogP contribution in [0.3, 0.4) is 0 Å². The van der Waals surface area contributed by atoms with Gasteiger partial charge in [-0.2, -0.15) is 0 Å². The number of carbonyl (C=O) groups is 2. The van der Waals surface area contributed by atoms with E-state index >= 15 is 0 Å². The van der Waals surface area contributed by atoms with Crippen LogP contribution in [0, 0.1) is 19.8 Å². The highest BCUT2D eigenvalue weighted by Crippen LogP contribution is 2.29. The fourth-order valence-electron chi connectivity index (χ4n) is 4.01. The van der Waals surface area contributed by atoms with Crippen molar-refractivity contribution >= 4 is 11.8 Å². The van der Waals surface area contributed by atoms with Crippen molar-refractivity contribution in [1.29, 1.82) is 0 Å². The van der Waals surface area contributed by atoms with Gasteiger partial charge in [-0.3, -0.25) is 9.59 Å². The van der Waals surface area contributed by atoms with E-state index in [1.54, 1.807) is 0 Å². The van der Waals surface area contributed by atoms with Gasteiger partial charge in [0.05, 0.1) is 11.6 Å². The number of carbonyl (C=O) groups excluding carboxylic acids is 2. The van der Waals surface area contributed by atoms with Crippen molar-refractivity contribution in [3.63, 3.8) is 0 Å². The second kappa shape index (κ2) is 7.64. The molecule has 0 aliphatic carbocycles. The molecule has 0 radical (unpaired) electrons. The molecular formula is C20H29N3O3. The Balaban J connectivity index is 1.66. The lowest BCUT2D eigenvalue weighted by Gasteiger charge is -2.35. The van der Waals surface area contributed by atoms with Crippen LogP contribution in [0.5, 0.6) is 0 Å². The number of amides is 2. The van der Waals surface area contributed by atoms with Gasteiger partial charge in [0.2, 0.25) is 11.8 Å². The lowest BCUT2D eigenvalue weighted by molar-refractivity contribution is -0.139. The summed E-state index contributed by atoms with van der Waals surface area (Å²) in [6, 6.07) is 0.139. The molecule has 0 aromatic carbocycles. The maximum atomic E-state index is 12.8. The third kappa shape index (κ3) is 3.84. The first kappa shape index (κ1) is 18.7. The molecule has 3 fully saturated rings. The number of fused-ring (bicyclic) bond motifs is 4. The van der Waals surface area contributed by atoms with Crippen molar-refractivity contribution < 1.29 is 14.1 Å². The summed E-state index contributed by atoms with van der Waals surface area (Å²) in [6.45, 7) is 9.74. The van der Waals surface area contributed by atoms with Crippen LogP contribution in [-0.4, -0.2) is 52.4 Å². The number of allylic oxidation sites excluding steroid dienone is 1. The quantitative estimate of drug-likeness (QED) is 0.758. The second-order valence-electron chi connectivity index (χ2n) is 7.80. The molecule has 0 saturated carbocycles. The van der Waals surface area contributed by atoms with Crippen molar-refractivity contribution in [2.45, 2.75) is 59.4 Å². The van der Waals surface area contributed by atoms with Crippen LogP contribution in [0.25, 0.3) is 0 Å². The molecule has 0 spiro atoms. The van der Waals surface area contributed by atoms with Gasteiger partial charge in [-0.15, -0.1) is 0 Å². The lowest BCUT2D eigenvalue weighted by Crippen LogP contribution is -2.48. The number of piperidine rings is 1. The number of nitrogens with zero attached hydrogens (tertiary/aromatic N) is 3. The van der Waals surface area contributed by atoms with Crippen LogP contribution >= 0.6 is 0 Å². The van der Waals surface area contributed by atoms with E-state index in [1.165, 1.54) is 5.57 Å². The van der Waals surface area contributed by atoms with Gasteiger partial charge < -0.3 is 14.3 Å². The third-order valence-electron chi connectivity index (χ3n) is 5.61. The van der Waals surface area contributed by atoms with Gasteiger partial charge in [-0.1, -0.05) is 16.8 Å². The smallest absolute Gasteiger partial charge is 0.228 e. The molecule has 6 nitrogen and oxygen atoms in total. The molecule has 2 atom stereocenters. The maximum Gasteiger partial charge on any atom is 0.228 e. The Labute approximate surface area is 155 Å². The molecule has 3 aliphatic rings. The normalized spacial score (nSPS) is 22.5. The zero-order valence-electron chi connectivity index (χ0n) is 16.2. The van der Waals surface area contributed by atoms with Gasteiger partial charge >= 0.3 is 0 Å². The van der Waals surface area contributed by atoms with Gasteiger partial charge in [0.1, 0.15) is 5.76 Å². The SMILES string of the molecule is CC(C)=CCN1C(=O)[C@H]2CC[C@@H]1CN(C(=O)CCc1c(C)noc1C)C2. The molecule has 3 saturated heterocycles. The van der Waals surface area contributed by atoms with Gasteiger partial charge in [0.15, 0.2) is 0 Å². The molecule has 142 valence electrons. The van der Waals surface area contributed by atoms with E-state index in [1.807, 2.05) is 37.5 Å². The molecule has 1 aromatic rings. The third-order valence-corrected chi connectivity index (χ3v) is 5.61. The number of aromatic nitrogens is 1. The Hall–Kier alpha value is -2.11. The Kier molecular flexibility index (Phi) is 5.49. The highest BCUT2D eigenvalue weighted by atomic mass is 16.5. The predicted molar refractivity (Wildman–Crippen MR) is 98.5 cm³/mol. The highest BCUT2D eigenvalue weighted by Gasteiger charge is 2.41. The molecule has 26 heavy (non-hydrogen) atoms. The minimum absolute atomic E-state index is 0.0534. The molecule has 3 aliphatic heterocycles. The van der Waals surface area contributed by atoms with Crippen LogP contribution in [0.2, 0.25) is 0 Å². The topological polar surface area (TPSA) is 66.7 Å². The lowest BCUT2D eigenvalue weighted by atomic mass is 9.94. The number of hydrogen-bond donors (Lipinski definition) is 0. The first-order valence-electron chi connectivity index (χ1n) is 9.50. The van der Waals surface area contributed by atoms with E-state index in [2.05, 4.69) is 11.2 Å². The van der Waals surface area contributed by atoms with E-state index in [0.29, 0.717) is 32.5 Å². The van der Waals surface area contributed by atoms with Crippen molar-refractivity contribution in [2.75, 3.05) is 19.6 Å². The summed E-state index contributed by atoms with van der Waals surface area (Å²) < 4.78 is 5.18. The first-order valence-corrected chi connectivity index (χ1v) is 9.50. The summed E-state index contributed by atoms with van der Waals surface area (Å²) in [5.74, 6) is 1.06. The maximum absolute atomic E-state index is 12.8. The summed E-state index contributed by atoms with van der Waals surface area (Å²) in [5, 5.41) is 3.95. The van der Waals surface area contributed by atoms with Gasteiger partial charge in [-0.05, 0) is 47.0 Å². The van der Waals surface area contributed by atoms with Gasteiger partial charge in [0, 0.05) is 37.7 Å². The minimum Gasteiger partial charge on any atom is -0.361 e. The monoisotopic (exact) mass is 359 g/mol. The van der Waals surface area contributed by atoms with Gasteiger partial charge in [0.25, 0.3) is 0 Å². The first-order chi connectivity index (χ1) is 12.4. The van der Waals surface area contributed by atoms with E-state index in [9.17, 15) is 9.59 Å². The fourth-order valence-corrected chi connectivity index (χ4v) is 4.01. The number of aryl methyl sites for hydroxylation is 2. The van der Waals surface area contributed by atoms with Crippen LogP contribution < -0.4 is 0 Å². The fraction of sp³-hybridized carbons (Fsp3) is 0.650. The summed E-state index contributed by atoms with van der Waals surface area (Å²) in [4.78, 5) is 29.4. The average molecular weight is 359 g/mol.